The van der Waals surface area contributed by atoms with Crippen molar-refractivity contribution in [1.82, 2.24) is 14.2 Å². The van der Waals surface area contributed by atoms with E-state index in [0.29, 0.717) is 53.1 Å². The molecule has 2 aromatic carbocycles. The summed E-state index contributed by atoms with van der Waals surface area (Å²) in [6.07, 6.45) is 1.86. The van der Waals surface area contributed by atoms with Gasteiger partial charge in [0.25, 0.3) is 0 Å². The van der Waals surface area contributed by atoms with Crippen LogP contribution in [0.5, 0.6) is 0 Å². The summed E-state index contributed by atoms with van der Waals surface area (Å²) < 4.78 is 28.8. The maximum atomic E-state index is 13.8. The van der Waals surface area contributed by atoms with Crippen molar-refractivity contribution in [2.24, 2.45) is 5.16 Å². The van der Waals surface area contributed by atoms with Crippen LogP contribution in [0.4, 0.5) is 5.82 Å². The van der Waals surface area contributed by atoms with Gasteiger partial charge in [0.1, 0.15) is 12.9 Å². The first-order chi connectivity index (χ1) is 20.8. The molecule has 1 unspecified atom stereocenters. The van der Waals surface area contributed by atoms with Gasteiger partial charge in [0.2, 0.25) is 10.0 Å². The van der Waals surface area contributed by atoms with E-state index in [1.165, 1.54) is 18.5 Å². The van der Waals surface area contributed by atoms with Crippen molar-refractivity contribution >= 4 is 44.8 Å². The van der Waals surface area contributed by atoms with Crippen molar-refractivity contribution in [3.63, 3.8) is 0 Å². The third-order valence-electron chi connectivity index (χ3n) is 8.15. The van der Waals surface area contributed by atoms with Crippen LogP contribution >= 0.6 is 23.2 Å². The molecule has 1 saturated heterocycles. The molecule has 1 atom stereocenters. The van der Waals surface area contributed by atoms with Gasteiger partial charge in [-0.15, -0.1) is 0 Å². The van der Waals surface area contributed by atoms with Crippen molar-refractivity contribution in [2.75, 3.05) is 59.3 Å². The predicted octanol–water partition coefficient (Wildman–Crippen LogP) is 5.54. The minimum Gasteiger partial charge on any atom is -0.399 e. The number of halogens is 2. The third kappa shape index (κ3) is 8.10. The van der Waals surface area contributed by atoms with Gasteiger partial charge in [-0.25, -0.2) is 13.4 Å². The first kappa shape index (κ1) is 34.1. The lowest BCUT2D eigenvalue weighted by Gasteiger charge is -2.39. The second kappa shape index (κ2) is 14.6. The Bertz CT molecular complexity index is 1560. The number of aromatic nitrogens is 1. The number of nitrogens with zero attached hydrogens (tertiary/aromatic N) is 5. The van der Waals surface area contributed by atoms with Crippen LogP contribution in [0.25, 0.3) is 0 Å². The summed E-state index contributed by atoms with van der Waals surface area (Å²) >= 11 is 12.7. The zero-order valence-corrected chi connectivity index (χ0v) is 28.2. The lowest BCUT2D eigenvalue weighted by atomic mass is 9.84. The first-order valence-electron chi connectivity index (χ1n) is 14.5. The van der Waals surface area contributed by atoms with Crippen LogP contribution in [-0.2, 0) is 20.5 Å². The van der Waals surface area contributed by atoms with Crippen LogP contribution in [-0.4, -0.2) is 87.9 Å². The van der Waals surface area contributed by atoms with Crippen molar-refractivity contribution < 1.29 is 18.4 Å². The number of pyridine rings is 1. The lowest BCUT2D eigenvalue weighted by molar-refractivity contribution is -0.0261. The van der Waals surface area contributed by atoms with Gasteiger partial charge in [-0.05, 0) is 62.1 Å². The Kier molecular flexibility index (Phi) is 11.3. The Morgan fingerprint density at radius 2 is 1.75 bits per heavy atom. The van der Waals surface area contributed by atoms with Crippen LogP contribution in [0.2, 0.25) is 10.0 Å². The van der Waals surface area contributed by atoms with Crippen molar-refractivity contribution in [3.05, 3.63) is 87.5 Å². The minimum absolute atomic E-state index is 0.00644. The van der Waals surface area contributed by atoms with Crippen molar-refractivity contribution in [3.8, 4) is 0 Å². The Morgan fingerprint density at radius 3 is 2.36 bits per heavy atom. The normalized spacial score (nSPS) is 16.6. The standard InChI is InChI=1S/C32H41Cl2N5O4S/c1-23-19-26(21-31(35-23)37(2)3)44(41,42)38(4)22-30(36-43-5)27(24-11-12-28(33)29(34)20-24)13-16-39-17-14-32(40,15-18-39)25-9-7-6-8-10-25/h6-12,19-21,27,40H,13-18,22H2,1-5H3/b36-30-. The highest BCUT2D eigenvalue weighted by molar-refractivity contribution is 7.89. The number of hydrogen-bond donors (Lipinski definition) is 1. The topological polar surface area (TPSA) is 98.6 Å². The molecule has 0 saturated carbocycles. The lowest BCUT2D eigenvalue weighted by Crippen LogP contribution is -2.43. The van der Waals surface area contributed by atoms with E-state index >= 15 is 0 Å². The Labute approximate surface area is 271 Å². The number of aliphatic hydroxyl groups is 1. The fourth-order valence-electron chi connectivity index (χ4n) is 5.56. The minimum atomic E-state index is -3.89. The van der Waals surface area contributed by atoms with Crippen LogP contribution in [0.1, 0.15) is 42.0 Å². The monoisotopic (exact) mass is 661 g/mol. The highest BCUT2D eigenvalue weighted by atomic mass is 35.5. The van der Waals surface area contributed by atoms with Gasteiger partial charge in [-0.3, -0.25) is 0 Å². The molecule has 0 aliphatic carbocycles. The average Bonchev–Trinajstić information content (AvgIpc) is 3.00. The summed E-state index contributed by atoms with van der Waals surface area (Å²) in [5, 5.41) is 16.5. The molecule has 4 rings (SSSR count). The third-order valence-corrected chi connectivity index (χ3v) is 10.7. The number of aryl methyl sites for hydroxylation is 1. The molecular weight excluding hydrogens is 621 g/mol. The van der Waals surface area contributed by atoms with Gasteiger partial charge in [0.15, 0.2) is 0 Å². The van der Waals surface area contributed by atoms with Crippen LogP contribution in [0, 0.1) is 6.92 Å². The highest BCUT2D eigenvalue weighted by Crippen LogP contribution is 2.34. The van der Waals surface area contributed by atoms with E-state index in [0.717, 1.165) is 24.2 Å². The summed E-state index contributed by atoms with van der Waals surface area (Å²) in [6, 6.07) is 18.4. The molecule has 0 bridgehead atoms. The molecule has 0 spiro atoms. The zero-order valence-electron chi connectivity index (χ0n) is 25.9. The summed E-state index contributed by atoms with van der Waals surface area (Å²) in [4.78, 5) is 13.9. The molecule has 1 fully saturated rings. The van der Waals surface area contributed by atoms with Crippen LogP contribution in [0.15, 0.2) is 70.7 Å². The van der Waals surface area contributed by atoms with Gasteiger partial charge in [0, 0.05) is 51.9 Å². The SMILES string of the molecule is CO/N=C(/CN(C)S(=O)(=O)c1cc(C)nc(N(C)C)c1)C(CCN1CCC(O)(c2ccccc2)CC1)c1ccc(Cl)c(Cl)c1. The van der Waals surface area contributed by atoms with Crippen LogP contribution < -0.4 is 4.90 Å². The number of likely N-dealkylation sites (tertiary alicyclic amines) is 1. The maximum Gasteiger partial charge on any atom is 0.243 e. The number of rotatable bonds is 12. The van der Waals surface area contributed by atoms with E-state index in [1.54, 1.807) is 36.1 Å². The number of benzene rings is 2. The molecule has 0 radical (unpaired) electrons. The second-order valence-corrected chi connectivity index (χ2v) is 14.3. The Morgan fingerprint density at radius 1 is 1.07 bits per heavy atom. The molecule has 9 nitrogen and oxygen atoms in total. The number of hydrogen-bond acceptors (Lipinski definition) is 8. The molecule has 1 N–H and O–H groups in total. The molecule has 0 amide bonds. The number of anilines is 1. The Balaban J connectivity index is 1.56. The van der Waals surface area contributed by atoms with E-state index in [4.69, 9.17) is 28.0 Å². The summed E-state index contributed by atoms with van der Waals surface area (Å²) in [5.41, 5.74) is 2.08. The quantitative estimate of drug-likeness (QED) is 0.201. The van der Waals surface area contributed by atoms with E-state index in [2.05, 4.69) is 15.0 Å². The average molecular weight is 663 g/mol. The molecular formula is C32H41Cl2N5O4S. The number of sulfonamides is 1. The van der Waals surface area contributed by atoms with E-state index in [-0.39, 0.29) is 17.4 Å². The molecule has 238 valence electrons. The molecule has 12 heteroatoms. The van der Waals surface area contributed by atoms with E-state index in [1.807, 2.05) is 50.5 Å². The molecule has 3 aromatic rings. The fraction of sp³-hybridized carbons (Fsp3) is 0.438. The van der Waals surface area contributed by atoms with Gasteiger partial charge >= 0.3 is 0 Å². The van der Waals surface area contributed by atoms with Crippen molar-refractivity contribution in [1.29, 1.82) is 0 Å². The maximum absolute atomic E-state index is 13.8. The van der Waals surface area contributed by atoms with E-state index in [9.17, 15) is 13.5 Å². The summed E-state index contributed by atoms with van der Waals surface area (Å²) in [5.74, 6) is 0.242. The molecule has 1 aliphatic rings. The first-order valence-corrected chi connectivity index (χ1v) is 16.7. The zero-order chi connectivity index (χ0) is 32.1. The molecule has 2 heterocycles. The molecule has 1 aromatic heterocycles. The Hall–Kier alpha value is -2.73. The van der Waals surface area contributed by atoms with Gasteiger partial charge in [-0.1, -0.05) is 64.8 Å². The fourth-order valence-corrected chi connectivity index (χ4v) is 7.10. The summed E-state index contributed by atoms with van der Waals surface area (Å²) in [7, 11) is 2.73. The van der Waals surface area contributed by atoms with Gasteiger partial charge < -0.3 is 19.7 Å². The highest BCUT2D eigenvalue weighted by Gasteiger charge is 2.34. The molecule has 44 heavy (non-hydrogen) atoms. The number of piperidine rings is 1. The van der Waals surface area contributed by atoms with Gasteiger partial charge in [-0.2, -0.15) is 4.31 Å². The second-order valence-electron chi connectivity index (χ2n) is 11.5. The van der Waals surface area contributed by atoms with Crippen LogP contribution in [0.3, 0.4) is 0 Å². The summed E-state index contributed by atoms with van der Waals surface area (Å²) in [6.45, 7) is 3.91. The largest absolute Gasteiger partial charge is 0.399 e. The van der Waals surface area contributed by atoms with Crippen molar-refractivity contribution in [2.45, 2.75) is 42.6 Å². The van der Waals surface area contributed by atoms with E-state index < -0.39 is 15.6 Å². The van der Waals surface area contributed by atoms with Gasteiger partial charge in [0.05, 0.1) is 32.8 Å². The molecule has 1 aliphatic heterocycles. The smallest absolute Gasteiger partial charge is 0.243 e. The number of oxime groups is 1. The predicted molar refractivity (Wildman–Crippen MR) is 177 cm³/mol.